The van der Waals surface area contributed by atoms with Crippen LogP contribution in [0.2, 0.25) is 5.02 Å². The van der Waals surface area contributed by atoms with Crippen molar-refractivity contribution in [2.45, 2.75) is 38.0 Å². The van der Waals surface area contributed by atoms with Crippen LogP contribution in [0.3, 0.4) is 0 Å². The van der Waals surface area contributed by atoms with Gasteiger partial charge in [0, 0.05) is 30.4 Å². The Morgan fingerprint density at radius 1 is 1.08 bits per heavy atom. The van der Waals surface area contributed by atoms with Crippen LogP contribution in [-0.4, -0.2) is 18.9 Å². The van der Waals surface area contributed by atoms with Crippen LogP contribution in [-0.2, 0) is 15.0 Å². The van der Waals surface area contributed by atoms with E-state index in [0.29, 0.717) is 5.02 Å². The minimum absolute atomic E-state index is 0.00457. The lowest BCUT2D eigenvalue weighted by Crippen LogP contribution is -2.38. The summed E-state index contributed by atoms with van der Waals surface area (Å²) in [7, 11) is 1.72. The minimum atomic E-state index is -0.528. The molecule has 4 nitrogen and oxygen atoms in total. The number of halogens is 1. The lowest BCUT2D eigenvalue weighted by molar-refractivity contribution is -0.121. The van der Waals surface area contributed by atoms with Crippen molar-refractivity contribution in [3.63, 3.8) is 0 Å². The van der Waals surface area contributed by atoms with E-state index < -0.39 is 5.41 Å². The van der Waals surface area contributed by atoms with Crippen molar-refractivity contribution in [2.75, 3.05) is 17.3 Å². The Hall–Kier alpha value is -2.33. The topological polar surface area (TPSA) is 49.4 Å². The first-order valence-corrected chi connectivity index (χ1v) is 9.22. The molecule has 136 valence electrons. The van der Waals surface area contributed by atoms with E-state index in [0.717, 1.165) is 42.6 Å². The molecule has 1 fully saturated rings. The third-order valence-corrected chi connectivity index (χ3v) is 5.49. The van der Waals surface area contributed by atoms with Gasteiger partial charge in [0.05, 0.1) is 5.41 Å². The Labute approximate surface area is 159 Å². The number of benzene rings is 2. The van der Waals surface area contributed by atoms with E-state index in [1.165, 1.54) is 6.92 Å². The highest BCUT2D eigenvalue weighted by Gasteiger charge is 2.42. The van der Waals surface area contributed by atoms with Crippen molar-refractivity contribution in [1.82, 2.24) is 0 Å². The molecule has 3 rings (SSSR count). The second-order valence-corrected chi connectivity index (χ2v) is 7.32. The molecule has 0 unspecified atom stereocenters. The minimum Gasteiger partial charge on any atom is -0.325 e. The summed E-state index contributed by atoms with van der Waals surface area (Å²) in [6.45, 7) is 1.52. The SMILES string of the molecule is CC(=O)N(C)c1ccc(NC(=O)C2(c3cccc(Cl)c3)CCCC2)cc1. The maximum atomic E-state index is 13.2. The second-order valence-electron chi connectivity index (χ2n) is 6.88. The molecule has 1 saturated carbocycles. The third-order valence-electron chi connectivity index (χ3n) is 5.25. The van der Waals surface area contributed by atoms with Crippen LogP contribution >= 0.6 is 11.6 Å². The predicted molar refractivity (Wildman–Crippen MR) is 106 cm³/mol. The van der Waals surface area contributed by atoms with Crippen LogP contribution in [0, 0.1) is 0 Å². The molecular formula is C21H23ClN2O2. The van der Waals surface area contributed by atoms with E-state index in [1.54, 1.807) is 11.9 Å². The van der Waals surface area contributed by atoms with Crippen LogP contribution in [0.15, 0.2) is 48.5 Å². The summed E-state index contributed by atoms with van der Waals surface area (Å²) in [5.74, 6) is -0.0300. The summed E-state index contributed by atoms with van der Waals surface area (Å²) in [5, 5.41) is 3.70. The summed E-state index contributed by atoms with van der Waals surface area (Å²) in [6, 6.07) is 14.9. The molecule has 0 heterocycles. The smallest absolute Gasteiger partial charge is 0.235 e. The lowest BCUT2D eigenvalue weighted by atomic mass is 9.78. The van der Waals surface area contributed by atoms with Crippen LogP contribution in [0.4, 0.5) is 11.4 Å². The van der Waals surface area contributed by atoms with Gasteiger partial charge in [-0.25, -0.2) is 0 Å². The summed E-state index contributed by atoms with van der Waals surface area (Å²) >= 11 is 6.16. The first kappa shape index (κ1) is 18.5. The number of nitrogens with zero attached hydrogens (tertiary/aromatic N) is 1. The fourth-order valence-corrected chi connectivity index (χ4v) is 3.80. The normalized spacial score (nSPS) is 15.5. The number of carbonyl (C=O) groups is 2. The Balaban J connectivity index is 1.82. The number of hydrogen-bond donors (Lipinski definition) is 1. The molecule has 1 aliphatic rings. The predicted octanol–water partition coefficient (Wildman–Crippen LogP) is 4.77. The maximum absolute atomic E-state index is 13.2. The highest BCUT2D eigenvalue weighted by molar-refractivity contribution is 6.30. The van der Waals surface area contributed by atoms with Crippen molar-refractivity contribution in [1.29, 1.82) is 0 Å². The number of rotatable bonds is 4. The van der Waals surface area contributed by atoms with Crippen molar-refractivity contribution >= 4 is 34.8 Å². The van der Waals surface area contributed by atoms with Crippen molar-refractivity contribution in [2.24, 2.45) is 0 Å². The first-order valence-electron chi connectivity index (χ1n) is 8.84. The van der Waals surface area contributed by atoms with Crippen LogP contribution in [0.25, 0.3) is 0 Å². The summed E-state index contributed by atoms with van der Waals surface area (Å²) in [4.78, 5) is 26.2. The molecule has 0 atom stereocenters. The Morgan fingerprint density at radius 3 is 2.31 bits per heavy atom. The van der Waals surface area contributed by atoms with Crippen LogP contribution < -0.4 is 10.2 Å². The monoisotopic (exact) mass is 370 g/mol. The molecule has 0 bridgehead atoms. The molecule has 1 N–H and O–H groups in total. The molecule has 2 amide bonds. The molecule has 2 aromatic carbocycles. The van der Waals surface area contributed by atoms with E-state index in [4.69, 9.17) is 11.6 Å². The molecule has 5 heteroatoms. The van der Waals surface area contributed by atoms with Gasteiger partial charge in [0.1, 0.15) is 0 Å². The molecular weight excluding hydrogens is 348 g/mol. The van der Waals surface area contributed by atoms with Crippen molar-refractivity contribution in [3.8, 4) is 0 Å². The Morgan fingerprint density at radius 2 is 1.73 bits per heavy atom. The number of hydrogen-bond acceptors (Lipinski definition) is 2. The standard InChI is InChI=1S/C21H23ClN2O2/c1-15(25)24(2)19-10-8-18(9-11-19)23-20(26)21(12-3-4-13-21)16-6-5-7-17(22)14-16/h5-11,14H,3-4,12-13H2,1-2H3,(H,23,26). The lowest BCUT2D eigenvalue weighted by Gasteiger charge is -2.28. The highest BCUT2D eigenvalue weighted by atomic mass is 35.5. The zero-order valence-corrected chi connectivity index (χ0v) is 15.8. The Bertz CT molecular complexity index is 811. The molecule has 0 saturated heterocycles. The van der Waals surface area contributed by atoms with E-state index in [9.17, 15) is 9.59 Å². The second kappa shape index (κ2) is 7.50. The fourth-order valence-electron chi connectivity index (χ4n) is 3.61. The first-order chi connectivity index (χ1) is 12.4. The van der Waals surface area contributed by atoms with Crippen molar-refractivity contribution in [3.05, 3.63) is 59.1 Å². The average molecular weight is 371 g/mol. The molecule has 0 radical (unpaired) electrons. The number of carbonyl (C=O) groups excluding carboxylic acids is 2. The van der Waals surface area contributed by atoms with Gasteiger partial charge in [0.25, 0.3) is 0 Å². The van der Waals surface area contributed by atoms with E-state index >= 15 is 0 Å². The zero-order chi connectivity index (χ0) is 18.7. The van der Waals surface area contributed by atoms with Gasteiger partial charge in [-0.2, -0.15) is 0 Å². The molecule has 0 spiro atoms. The third kappa shape index (κ3) is 3.61. The van der Waals surface area contributed by atoms with Crippen LogP contribution in [0.1, 0.15) is 38.2 Å². The van der Waals surface area contributed by atoms with Gasteiger partial charge in [-0.3, -0.25) is 9.59 Å². The summed E-state index contributed by atoms with van der Waals surface area (Å²) in [5.41, 5.74) is 1.97. The van der Waals surface area contributed by atoms with Gasteiger partial charge in [0.2, 0.25) is 11.8 Å². The van der Waals surface area contributed by atoms with E-state index in [2.05, 4.69) is 5.32 Å². The van der Waals surface area contributed by atoms with E-state index in [1.807, 2.05) is 48.5 Å². The molecule has 0 aromatic heterocycles. The van der Waals surface area contributed by atoms with Gasteiger partial charge >= 0.3 is 0 Å². The van der Waals surface area contributed by atoms with Gasteiger partial charge in [0.15, 0.2) is 0 Å². The zero-order valence-electron chi connectivity index (χ0n) is 15.1. The number of amides is 2. The van der Waals surface area contributed by atoms with Gasteiger partial charge in [-0.1, -0.05) is 36.6 Å². The summed E-state index contributed by atoms with van der Waals surface area (Å²) in [6.07, 6.45) is 3.71. The maximum Gasteiger partial charge on any atom is 0.235 e. The highest BCUT2D eigenvalue weighted by Crippen LogP contribution is 2.42. The molecule has 2 aromatic rings. The average Bonchev–Trinajstić information content (AvgIpc) is 3.13. The Kier molecular flexibility index (Phi) is 5.33. The largest absolute Gasteiger partial charge is 0.325 e. The van der Waals surface area contributed by atoms with E-state index in [-0.39, 0.29) is 11.8 Å². The quantitative estimate of drug-likeness (QED) is 0.842. The molecule has 26 heavy (non-hydrogen) atoms. The molecule has 1 aliphatic carbocycles. The van der Waals surface area contributed by atoms with Crippen molar-refractivity contribution < 1.29 is 9.59 Å². The molecule has 0 aliphatic heterocycles. The number of nitrogens with one attached hydrogen (secondary N) is 1. The fraction of sp³-hybridized carbons (Fsp3) is 0.333. The van der Waals surface area contributed by atoms with Crippen LogP contribution in [0.5, 0.6) is 0 Å². The number of anilines is 2. The van der Waals surface area contributed by atoms with Gasteiger partial charge < -0.3 is 10.2 Å². The summed E-state index contributed by atoms with van der Waals surface area (Å²) < 4.78 is 0. The van der Waals surface area contributed by atoms with Gasteiger partial charge in [-0.15, -0.1) is 0 Å². The van der Waals surface area contributed by atoms with Gasteiger partial charge in [-0.05, 0) is 54.8 Å².